The summed E-state index contributed by atoms with van der Waals surface area (Å²) in [6, 6.07) is 9.09. The maximum atomic E-state index is 13.2. The Morgan fingerprint density at radius 1 is 1.24 bits per heavy atom. The molecule has 7 nitrogen and oxygen atoms in total. The summed E-state index contributed by atoms with van der Waals surface area (Å²) in [5.74, 6) is 0.193. The fourth-order valence-corrected chi connectivity index (χ4v) is 4.66. The van der Waals surface area contributed by atoms with Gasteiger partial charge >= 0.3 is 0 Å². The van der Waals surface area contributed by atoms with Gasteiger partial charge in [0.15, 0.2) is 5.16 Å². The fourth-order valence-electron chi connectivity index (χ4n) is 3.83. The quantitative estimate of drug-likeness (QED) is 0.289. The van der Waals surface area contributed by atoms with Gasteiger partial charge in [0.2, 0.25) is 11.8 Å². The van der Waals surface area contributed by atoms with Gasteiger partial charge in [-0.2, -0.15) is 0 Å². The van der Waals surface area contributed by atoms with E-state index >= 15 is 0 Å². The standard InChI is InChI=1S/C25H30N4O3S/c1-25(2,3)20-15-22(32-28-20)27-21(30)16-33-24-26-19-12-8-7-11-18(19)23(31)29(24)14-13-17-9-5-4-6-10-17/h7-9,11-12,15H,4-6,10,13-14,16H2,1-3H3,(H,27,30). The minimum Gasteiger partial charge on any atom is -0.338 e. The molecule has 33 heavy (non-hydrogen) atoms. The smallest absolute Gasteiger partial charge is 0.262 e. The van der Waals surface area contributed by atoms with Crippen molar-refractivity contribution in [3.8, 4) is 0 Å². The lowest BCUT2D eigenvalue weighted by atomic mass is 9.92. The van der Waals surface area contributed by atoms with E-state index in [0.29, 0.717) is 28.5 Å². The minimum absolute atomic E-state index is 0.0648. The van der Waals surface area contributed by atoms with E-state index in [0.717, 1.165) is 25.0 Å². The Labute approximate surface area is 197 Å². The van der Waals surface area contributed by atoms with Gasteiger partial charge in [-0.05, 0) is 44.2 Å². The number of carbonyl (C=O) groups excluding carboxylic acids is 1. The van der Waals surface area contributed by atoms with E-state index in [2.05, 4.69) is 16.5 Å². The highest BCUT2D eigenvalue weighted by molar-refractivity contribution is 7.99. The molecule has 2 aromatic heterocycles. The number of amides is 1. The molecule has 2 heterocycles. The van der Waals surface area contributed by atoms with Crippen LogP contribution in [0.15, 0.2) is 56.5 Å². The van der Waals surface area contributed by atoms with Crippen molar-refractivity contribution in [2.45, 2.75) is 70.0 Å². The molecule has 0 bridgehead atoms. The average molecular weight is 467 g/mol. The summed E-state index contributed by atoms with van der Waals surface area (Å²) < 4.78 is 6.96. The molecule has 0 unspecified atom stereocenters. The van der Waals surface area contributed by atoms with Crippen molar-refractivity contribution in [2.75, 3.05) is 11.1 Å². The molecule has 1 aliphatic carbocycles. The van der Waals surface area contributed by atoms with Gasteiger partial charge in [-0.15, -0.1) is 0 Å². The number of anilines is 1. The Morgan fingerprint density at radius 3 is 2.79 bits per heavy atom. The number of nitrogens with zero attached hydrogens (tertiary/aromatic N) is 3. The summed E-state index contributed by atoms with van der Waals surface area (Å²) in [4.78, 5) is 30.5. The van der Waals surface area contributed by atoms with Gasteiger partial charge in [0.1, 0.15) is 0 Å². The molecular weight excluding hydrogens is 436 g/mol. The lowest BCUT2D eigenvalue weighted by molar-refractivity contribution is -0.113. The molecule has 0 saturated heterocycles. The number of benzene rings is 1. The number of thioether (sulfide) groups is 1. The van der Waals surface area contributed by atoms with Crippen LogP contribution in [-0.2, 0) is 16.8 Å². The number of carbonyl (C=O) groups is 1. The zero-order chi connectivity index (χ0) is 23.4. The molecule has 0 fully saturated rings. The Hall–Kier alpha value is -2.87. The van der Waals surface area contributed by atoms with Crippen LogP contribution in [0, 0.1) is 0 Å². The molecule has 0 atom stereocenters. The Kier molecular flexibility index (Phi) is 7.02. The van der Waals surface area contributed by atoms with E-state index in [-0.39, 0.29) is 22.6 Å². The topological polar surface area (TPSA) is 90.0 Å². The number of nitrogens with one attached hydrogen (secondary N) is 1. The van der Waals surface area contributed by atoms with Crippen LogP contribution in [0.3, 0.4) is 0 Å². The predicted octanol–water partition coefficient (Wildman–Crippen LogP) is 5.30. The van der Waals surface area contributed by atoms with E-state index in [1.165, 1.54) is 30.2 Å². The van der Waals surface area contributed by atoms with Crippen molar-refractivity contribution in [3.63, 3.8) is 0 Å². The molecule has 0 saturated carbocycles. The molecule has 0 spiro atoms. The average Bonchev–Trinajstić information content (AvgIpc) is 3.27. The van der Waals surface area contributed by atoms with E-state index < -0.39 is 0 Å². The van der Waals surface area contributed by atoms with Crippen LogP contribution in [-0.4, -0.2) is 26.4 Å². The summed E-state index contributed by atoms with van der Waals surface area (Å²) in [7, 11) is 0. The number of aromatic nitrogens is 3. The highest BCUT2D eigenvalue weighted by Gasteiger charge is 2.20. The van der Waals surface area contributed by atoms with Crippen LogP contribution in [0.5, 0.6) is 0 Å². The van der Waals surface area contributed by atoms with Crippen molar-refractivity contribution in [2.24, 2.45) is 0 Å². The van der Waals surface area contributed by atoms with Gasteiger partial charge in [-0.3, -0.25) is 19.5 Å². The van der Waals surface area contributed by atoms with Gasteiger partial charge in [0, 0.05) is 18.0 Å². The zero-order valence-corrected chi connectivity index (χ0v) is 20.2. The number of hydrogen-bond donors (Lipinski definition) is 1. The molecule has 3 aromatic rings. The third-order valence-electron chi connectivity index (χ3n) is 5.74. The number of fused-ring (bicyclic) bond motifs is 1. The van der Waals surface area contributed by atoms with Gasteiger partial charge in [0.05, 0.1) is 22.3 Å². The lowest BCUT2D eigenvalue weighted by Gasteiger charge is -2.16. The number of hydrogen-bond acceptors (Lipinski definition) is 6. The van der Waals surface area contributed by atoms with Crippen LogP contribution in [0.25, 0.3) is 10.9 Å². The Bertz CT molecular complexity index is 1240. The van der Waals surface area contributed by atoms with Gasteiger partial charge < -0.3 is 4.52 Å². The van der Waals surface area contributed by atoms with Crippen molar-refractivity contribution in [1.82, 2.24) is 14.7 Å². The first kappa shape index (κ1) is 23.3. The van der Waals surface area contributed by atoms with Crippen LogP contribution in [0.1, 0.15) is 58.6 Å². The zero-order valence-electron chi connectivity index (χ0n) is 19.4. The van der Waals surface area contributed by atoms with E-state index in [9.17, 15) is 9.59 Å². The molecule has 0 radical (unpaired) electrons. The highest BCUT2D eigenvalue weighted by Crippen LogP contribution is 2.25. The van der Waals surface area contributed by atoms with Gasteiger partial charge in [-0.25, -0.2) is 4.98 Å². The van der Waals surface area contributed by atoms with Crippen molar-refractivity contribution >= 4 is 34.5 Å². The summed E-state index contributed by atoms with van der Waals surface area (Å²) >= 11 is 1.26. The summed E-state index contributed by atoms with van der Waals surface area (Å²) in [6.07, 6.45) is 7.77. The first-order valence-electron chi connectivity index (χ1n) is 11.4. The third kappa shape index (κ3) is 5.74. The summed E-state index contributed by atoms with van der Waals surface area (Å²) in [6.45, 7) is 6.64. The molecule has 1 aromatic carbocycles. The molecule has 8 heteroatoms. The van der Waals surface area contributed by atoms with Crippen LogP contribution in [0.2, 0.25) is 0 Å². The summed E-state index contributed by atoms with van der Waals surface area (Å²) in [5, 5.41) is 7.93. The molecule has 0 aliphatic heterocycles. The molecule has 1 aliphatic rings. The third-order valence-corrected chi connectivity index (χ3v) is 6.72. The van der Waals surface area contributed by atoms with Crippen LogP contribution >= 0.6 is 11.8 Å². The van der Waals surface area contributed by atoms with E-state index in [1.54, 1.807) is 16.7 Å². The first-order chi connectivity index (χ1) is 15.8. The van der Waals surface area contributed by atoms with Crippen LogP contribution in [0.4, 0.5) is 5.88 Å². The molecule has 1 N–H and O–H groups in total. The maximum absolute atomic E-state index is 13.2. The largest absolute Gasteiger partial charge is 0.338 e. The number of allylic oxidation sites excluding steroid dienone is 2. The van der Waals surface area contributed by atoms with Gasteiger partial charge in [0.25, 0.3) is 5.56 Å². The summed E-state index contributed by atoms with van der Waals surface area (Å²) in [5.41, 5.74) is 2.58. The monoisotopic (exact) mass is 466 g/mol. The number of rotatable bonds is 7. The predicted molar refractivity (Wildman–Crippen MR) is 132 cm³/mol. The molecule has 174 valence electrons. The second kappa shape index (κ2) is 9.95. The maximum Gasteiger partial charge on any atom is 0.262 e. The van der Waals surface area contributed by atoms with Crippen LogP contribution < -0.4 is 10.9 Å². The number of para-hydroxylation sites is 1. The van der Waals surface area contributed by atoms with Crippen molar-refractivity contribution < 1.29 is 9.32 Å². The SMILES string of the molecule is CC(C)(C)c1cc(NC(=O)CSc2nc3ccccc3c(=O)n2CCC2=CCCCC2)on1. The Balaban J connectivity index is 1.50. The second-order valence-electron chi connectivity index (χ2n) is 9.39. The van der Waals surface area contributed by atoms with Crippen molar-refractivity contribution in [3.05, 3.63) is 58.0 Å². The molecule has 4 rings (SSSR count). The van der Waals surface area contributed by atoms with E-state index in [1.807, 2.05) is 39.0 Å². The van der Waals surface area contributed by atoms with Crippen molar-refractivity contribution in [1.29, 1.82) is 0 Å². The first-order valence-corrected chi connectivity index (χ1v) is 12.4. The molecular formula is C25H30N4O3S. The fraction of sp³-hybridized carbons (Fsp3) is 0.440. The highest BCUT2D eigenvalue weighted by atomic mass is 32.2. The van der Waals surface area contributed by atoms with E-state index in [4.69, 9.17) is 9.51 Å². The Morgan fingerprint density at radius 2 is 2.06 bits per heavy atom. The second-order valence-corrected chi connectivity index (χ2v) is 10.3. The van der Waals surface area contributed by atoms with Gasteiger partial charge in [-0.1, -0.05) is 61.5 Å². The minimum atomic E-state index is -0.236. The molecule has 1 amide bonds. The lowest BCUT2D eigenvalue weighted by Crippen LogP contribution is -2.24. The normalized spacial score (nSPS) is 14.3.